The number of rotatable bonds is 6. The number of benzene rings is 1. The molecule has 3 aromatic rings. The summed E-state index contributed by atoms with van der Waals surface area (Å²) >= 11 is 0. The molecule has 0 unspecified atom stereocenters. The average Bonchev–Trinajstić information content (AvgIpc) is 3.18. The van der Waals surface area contributed by atoms with Crippen LogP contribution in [-0.2, 0) is 0 Å². The zero-order valence-corrected chi connectivity index (χ0v) is 15.4. The summed E-state index contributed by atoms with van der Waals surface area (Å²) in [4.78, 5) is 6.37. The molecule has 0 aliphatic carbocycles. The number of nitrogens with zero attached hydrogens (tertiary/aromatic N) is 5. The lowest BCUT2D eigenvalue weighted by molar-refractivity contribution is 0.801. The van der Waals surface area contributed by atoms with Crippen molar-refractivity contribution in [3.63, 3.8) is 0 Å². The maximum Gasteiger partial charge on any atom is 0.113 e. The number of allylic oxidation sites excluding steroid dienone is 4. The maximum atomic E-state index is 6.08. The predicted molar refractivity (Wildman–Crippen MR) is 110 cm³/mol. The molecule has 2 heterocycles. The molecule has 3 rings (SSSR count). The van der Waals surface area contributed by atoms with Gasteiger partial charge in [0.1, 0.15) is 5.69 Å². The van der Waals surface area contributed by atoms with E-state index in [4.69, 9.17) is 5.73 Å². The Bertz CT molecular complexity index is 980. The quantitative estimate of drug-likeness (QED) is 0.684. The van der Waals surface area contributed by atoms with Crippen molar-refractivity contribution < 1.29 is 0 Å². The lowest BCUT2D eigenvalue weighted by Crippen LogP contribution is -2.07. The molecule has 2 N–H and O–H groups in total. The molecule has 0 bridgehead atoms. The summed E-state index contributed by atoms with van der Waals surface area (Å²) in [5.41, 5.74) is 11.1. The Labute approximate surface area is 159 Å². The molecular weight excluding hydrogens is 336 g/mol. The largest absolute Gasteiger partial charge is 0.397 e. The summed E-state index contributed by atoms with van der Waals surface area (Å²) in [5.74, 6) is 0. The lowest BCUT2D eigenvalue weighted by atomic mass is 10.1. The van der Waals surface area contributed by atoms with Crippen molar-refractivity contribution in [3.8, 4) is 16.9 Å². The Morgan fingerprint density at radius 3 is 2.63 bits per heavy atom. The molecule has 136 valence electrons. The molecule has 2 aromatic heterocycles. The first-order valence-electron chi connectivity index (χ1n) is 8.50. The number of pyridine rings is 1. The first-order valence-corrected chi connectivity index (χ1v) is 8.50. The molecule has 0 spiro atoms. The van der Waals surface area contributed by atoms with E-state index in [-0.39, 0.29) is 0 Å². The molecule has 1 aromatic carbocycles. The Kier molecular flexibility index (Phi) is 5.47. The molecule has 0 radical (unpaired) electrons. The Hall–Kier alpha value is -3.67. The highest BCUT2D eigenvalue weighted by Gasteiger charge is 2.07. The van der Waals surface area contributed by atoms with Crippen LogP contribution in [0.3, 0.4) is 0 Å². The minimum absolute atomic E-state index is 0.564. The topological polar surface area (TPSA) is 72.9 Å². The van der Waals surface area contributed by atoms with E-state index in [0.717, 1.165) is 22.6 Å². The summed E-state index contributed by atoms with van der Waals surface area (Å²) in [7, 11) is 4.03. The van der Waals surface area contributed by atoms with Crippen molar-refractivity contribution in [1.82, 2.24) is 20.0 Å². The number of aromatic nitrogens is 4. The molecule has 0 saturated carbocycles. The Balaban J connectivity index is 1.86. The van der Waals surface area contributed by atoms with Gasteiger partial charge in [0.25, 0.3) is 0 Å². The fraction of sp³-hybridized carbons (Fsp3) is 0.0952. The van der Waals surface area contributed by atoms with Gasteiger partial charge in [-0.2, -0.15) is 0 Å². The second kappa shape index (κ2) is 8.14. The van der Waals surface area contributed by atoms with Gasteiger partial charge in [0.2, 0.25) is 0 Å². The van der Waals surface area contributed by atoms with Crippen molar-refractivity contribution in [1.29, 1.82) is 0 Å². The highest BCUT2D eigenvalue weighted by molar-refractivity contribution is 5.64. The third-order valence-corrected chi connectivity index (χ3v) is 4.00. The van der Waals surface area contributed by atoms with Gasteiger partial charge in [-0.3, -0.25) is 4.98 Å². The summed E-state index contributed by atoms with van der Waals surface area (Å²) in [6.45, 7) is 3.63. The van der Waals surface area contributed by atoms with E-state index >= 15 is 0 Å². The van der Waals surface area contributed by atoms with Crippen LogP contribution in [0, 0.1) is 0 Å². The molecule has 0 aliphatic rings. The number of anilines is 1. The van der Waals surface area contributed by atoms with Gasteiger partial charge in [-0.15, -0.1) is 5.10 Å². The van der Waals surface area contributed by atoms with Crippen LogP contribution in [0.4, 0.5) is 5.69 Å². The normalized spacial score (nSPS) is 11.7. The molecule has 0 saturated heterocycles. The number of hydrogen-bond donors (Lipinski definition) is 1. The van der Waals surface area contributed by atoms with E-state index in [1.807, 2.05) is 56.7 Å². The maximum absolute atomic E-state index is 6.08. The van der Waals surface area contributed by atoms with E-state index in [1.54, 1.807) is 23.0 Å². The van der Waals surface area contributed by atoms with Crippen LogP contribution in [-0.4, -0.2) is 34.1 Å². The SMILES string of the molecule is C=C/C=C\C=C(/N)c1cc(-n2cc(-c3ccc(N(C)C)cc3)nn2)ccn1. The van der Waals surface area contributed by atoms with Crippen LogP contribution < -0.4 is 10.6 Å². The fourth-order valence-electron chi connectivity index (χ4n) is 2.50. The van der Waals surface area contributed by atoms with Crippen LogP contribution in [0.2, 0.25) is 0 Å². The van der Waals surface area contributed by atoms with Crippen molar-refractivity contribution in [2.75, 3.05) is 19.0 Å². The van der Waals surface area contributed by atoms with Crippen LogP contribution in [0.5, 0.6) is 0 Å². The molecule has 0 amide bonds. The van der Waals surface area contributed by atoms with Gasteiger partial charge in [-0.25, -0.2) is 4.68 Å². The monoisotopic (exact) mass is 358 g/mol. The predicted octanol–water partition coefficient (Wildman–Crippen LogP) is 3.44. The van der Waals surface area contributed by atoms with Crippen LogP contribution >= 0.6 is 0 Å². The zero-order valence-electron chi connectivity index (χ0n) is 15.4. The van der Waals surface area contributed by atoms with Gasteiger partial charge in [-0.05, 0) is 30.3 Å². The molecular formula is C21H22N6. The smallest absolute Gasteiger partial charge is 0.113 e. The van der Waals surface area contributed by atoms with Gasteiger partial charge in [-0.1, -0.05) is 42.2 Å². The lowest BCUT2D eigenvalue weighted by Gasteiger charge is -2.11. The van der Waals surface area contributed by atoms with E-state index in [9.17, 15) is 0 Å². The van der Waals surface area contributed by atoms with E-state index < -0.39 is 0 Å². The third-order valence-electron chi connectivity index (χ3n) is 4.00. The minimum atomic E-state index is 0.564. The van der Waals surface area contributed by atoms with Gasteiger partial charge >= 0.3 is 0 Å². The summed E-state index contributed by atoms with van der Waals surface area (Å²) < 4.78 is 1.72. The van der Waals surface area contributed by atoms with Gasteiger partial charge < -0.3 is 10.6 Å². The number of hydrogen-bond acceptors (Lipinski definition) is 5. The fourth-order valence-corrected chi connectivity index (χ4v) is 2.50. The van der Waals surface area contributed by atoms with E-state index in [2.05, 4.69) is 38.9 Å². The third kappa shape index (κ3) is 4.30. The molecule has 6 nitrogen and oxygen atoms in total. The van der Waals surface area contributed by atoms with Gasteiger partial charge in [0.15, 0.2) is 0 Å². The summed E-state index contributed by atoms with van der Waals surface area (Å²) in [6, 6.07) is 11.9. The molecule has 0 aliphatic heterocycles. The van der Waals surface area contributed by atoms with Gasteiger partial charge in [0, 0.05) is 31.5 Å². The first kappa shape index (κ1) is 18.1. The van der Waals surface area contributed by atoms with Crippen molar-refractivity contribution in [2.24, 2.45) is 5.73 Å². The van der Waals surface area contributed by atoms with Crippen molar-refractivity contribution in [3.05, 3.63) is 85.4 Å². The zero-order chi connectivity index (χ0) is 19.2. The first-order chi connectivity index (χ1) is 13.1. The highest BCUT2D eigenvalue weighted by atomic mass is 15.4. The van der Waals surface area contributed by atoms with E-state index in [1.165, 1.54) is 0 Å². The average molecular weight is 358 g/mol. The second-order valence-electron chi connectivity index (χ2n) is 6.13. The van der Waals surface area contributed by atoms with Crippen molar-refractivity contribution >= 4 is 11.4 Å². The Morgan fingerprint density at radius 1 is 1.15 bits per heavy atom. The summed E-state index contributed by atoms with van der Waals surface area (Å²) in [5, 5.41) is 8.52. The highest BCUT2D eigenvalue weighted by Crippen LogP contribution is 2.21. The molecule has 0 fully saturated rings. The van der Waals surface area contributed by atoms with Gasteiger partial charge in [0.05, 0.1) is 23.3 Å². The summed E-state index contributed by atoms with van der Waals surface area (Å²) in [6.07, 6.45) is 10.7. The molecule has 27 heavy (non-hydrogen) atoms. The Morgan fingerprint density at radius 2 is 1.93 bits per heavy atom. The number of nitrogens with two attached hydrogens (primary N) is 1. The standard InChI is InChI=1S/C21H22N6/c1-4-5-6-7-19(22)20-14-18(12-13-23-20)27-15-21(24-25-27)16-8-10-17(11-9-16)26(2)3/h4-15H,1,22H2,2-3H3/b6-5-,19-7-. The van der Waals surface area contributed by atoms with E-state index in [0.29, 0.717) is 11.4 Å². The minimum Gasteiger partial charge on any atom is -0.397 e. The van der Waals surface area contributed by atoms with Crippen molar-refractivity contribution in [2.45, 2.75) is 0 Å². The van der Waals surface area contributed by atoms with Crippen LogP contribution in [0.1, 0.15) is 5.69 Å². The van der Waals surface area contributed by atoms with Crippen LogP contribution in [0.25, 0.3) is 22.6 Å². The van der Waals surface area contributed by atoms with Crippen LogP contribution in [0.15, 0.2) is 79.7 Å². The molecule has 6 heteroatoms. The molecule has 0 atom stereocenters. The second-order valence-corrected chi connectivity index (χ2v) is 6.13.